The average molecular weight is 284 g/mol. The Morgan fingerprint density at radius 1 is 1.47 bits per heavy atom. The van der Waals surface area contributed by atoms with E-state index in [0.717, 1.165) is 0 Å². The zero-order valence-electron chi connectivity index (χ0n) is 11.4. The highest BCUT2D eigenvalue weighted by molar-refractivity contribution is 7.08. The van der Waals surface area contributed by atoms with Gasteiger partial charge < -0.3 is 15.7 Å². The minimum atomic E-state index is -0.672. The Morgan fingerprint density at radius 2 is 2.16 bits per heavy atom. The van der Waals surface area contributed by atoms with Gasteiger partial charge in [0.15, 0.2) is 0 Å². The third kappa shape index (κ3) is 5.00. The Bertz CT molecular complexity index is 427. The number of aliphatic hydroxyl groups excluding tert-OH is 1. The minimum Gasteiger partial charge on any atom is -0.391 e. The molecule has 1 heterocycles. The van der Waals surface area contributed by atoms with Crippen LogP contribution in [0, 0.1) is 0 Å². The molecule has 0 saturated heterocycles. The fourth-order valence-corrected chi connectivity index (χ4v) is 1.95. The molecule has 2 amide bonds. The molecule has 0 fully saturated rings. The maximum Gasteiger partial charge on any atom is 0.252 e. The highest BCUT2D eigenvalue weighted by Crippen LogP contribution is 2.08. The average Bonchev–Trinajstić information content (AvgIpc) is 2.81. The molecular formula is C13H20N2O3S. The molecule has 0 aliphatic heterocycles. The lowest BCUT2D eigenvalue weighted by Gasteiger charge is -2.29. The van der Waals surface area contributed by atoms with E-state index in [1.807, 2.05) is 5.38 Å². The van der Waals surface area contributed by atoms with Crippen molar-refractivity contribution in [1.29, 1.82) is 0 Å². The maximum absolute atomic E-state index is 11.7. The molecule has 1 aromatic heterocycles. The largest absolute Gasteiger partial charge is 0.391 e. The number of amides is 2. The molecule has 19 heavy (non-hydrogen) atoms. The second-order valence-electron chi connectivity index (χ2n) is 4.96. The topological polar surface area (TPSA) is 78.4 Å². The van der Waals surface area contributed by atoms with Gasteiger partial charge in [0, 0.05) is 23.9 Å². The van der Waals surface area contributed by atoms with Crippen molar-refractivity contribution in [2.75, 3.05) is 6.54 Å². The lowest BCUT2D eigenvalue weighted by atomic mass is 9.98. The Morgan fingerprint density at radius 3 is 2.68 bits per heavy atom. The van der Waals surface area contributed by atoms with Crippen LogP contribution in [0.25, 0.3) is 0 Å². The summed E-state index contributed by atoms with van der Waals surface area (Å²) in [6.07, 6.45) is -0.455. The molecule has 6 heteroatoms. The summed E-state index contributed by atoms with van der Waals surface area (Å²) in [6.45, 7) is 5.40. The van der Waals surface area contributed by atoms with Gasteiger partial charge in [-0.25, -0.2) is 0 Å². The van der Waals surface area contributed by atoms with Crippen molar-refractivity contribution < 1.29 is 14.7 Å². The predicted molar refractivity (Wildman–Crippen MR) is 75.2 cm³/mol. The molecule has 5 nitrogen and oxygen atoms in total. The molecule has 106 valence electrons. The van der Waals surface area contributed by atoms with Crippen LogP contribution in [0.3, 0.4) is 0 Å². The molecular weight excluding hydrogens is 264 g/mol. The van der Waals surface area contributed by atoms with Crippen LogP contribution in [-0.2, 0) is 4.79 Å². The fraction of sp³-hybridized carbons (Fsp3) is 0.538. The molecule has 1 unspecified atom stereocenters. The van der Waals surface area contributed by atoms with Gasteiger partial charge in [0.1, 0.15) is 0 Å². The van der Waals surface area contributed by atoms with Crippen LogP contribution in [0.1, 0.15) is 37.6 Å². The summed E-state index contributed by atoms with van der Waals surface area (Å²) in [5.74, 6) is -0.375. The lowest BCUT2D eigenvalue weighted by molar-refractivity contribution is -0.123. The summed E-state index contributed by atoms with van der Waals surface area (Å²) < 4.78 is 0. The summed E-state index contributed by atoms with van der Waals surface area (Å²) in [5.41, 5.74) is -0.0660. The van der Waals surface area contributed by atoms with Gasteiger partial charge in [-0.3, -0.25) is 9.59 Å². The first-order valence-electron chi connectivity index (χ1n) is 6.12. The quantitative estimate of drug-likeness (QED) is 0.733. The normalized spacial score (nSPS) is 12.8. The number of hydrogen-bond donors (Lipinski definition) is 3. The molecule has 0 spiro atoms. The molecule has 0 bridgehead atoms. The van der Waals surface area contributed by atoms with Gasteiger partial charge in [-0.2, -0.15) is 11.3 Å². The van der Waals surface area contributed by atoms with Gasteiger partial charge >= 0.3 is 0 Å². The molecule has 0 radical (unpaired) electrons. The van der Waals surface area contributed by atoms with E-state index in [-0.39, 0.29) is 24.8 Å². The highest BCUT2D eigenvalue weighted by atomic mass is 32.1. The summed E-state index contributed by atoms with van der Waals surface area (Å²) in [6, 6.07) is 1.73. The smallest absolute Gasteiger partial charge is 0.252 e. The van der Waals surface area contributed by atoms with Gasteiger partial charge in [0.25, 0.3) is 5.91 Å². The van der Waals surface area contributed by atoms with Crippen molar-refractivity contribution in [2.45, 2.75) is 38.8 Å². The summed E-state index contributed by atoms with van der Waals surface area (Å²) in [5, 5.41) is 18.5. The number of thiophene rings is 1. The van der Waals surface area contributed by atoms with E-state index in [1.54, 1.807) is 32.2 Å². The van der Waals surface area contributed by atoms with Crippen molar-refractivity contribution in [1.82, 2.24) is 10.6 Å². The molecule has 3 N–H and O–H groups in total. The Hall–Kier alpha value is -1.40. The lowest BCUT2D eigenvalue weighted by Crippen LogP contribution is -2.51. The van der Waals surface area contributed by atoms with Crippen LogP contribution in [0.5, 0.6) is 0 Å². The first-order valence-corrected chi connectivity index (χ1v) is 7.06. The highest BCUT2D eigenvalue weighted by Gasteiger charge is 2.25. The third-order valence-corrected chi connectivity index (χ3v) is 3.61. The minimum absolute atomic E-state index is 0.177. The molecule has 0 aromatic carbocycles. The fourth-order valence-electron chi connectivity index (χ4n) is 1.31. The summed E-state index contributed by atoms with van der Waals surface area (Å²) in [4.78, 5) is 23.3. The Balaban J connectivity index is 2.30. The Labute approximate surface area is 117 Å². The zero-order valence-corrected chi connectivity index (χ0v) is 12.2. The maximum atomic E-state index is 11.7. The molecule has 1 atom stereocenters. The third-order valence-electron chi connectivity index (χ3n) is 2.93. The monoisotopic (exact) mass is 284 g/mol. The number of aliphatic hydroxyl groups is 1. The van der Waals surface area contributed by atoms with Crippen molar-refractivity contribution in [3.63, 3.8) is 0 Å². The van der Waals surface area contributed by atoms with Crippen molar-refractivity contribution >= 4 is 23.2 Å². The van der Waals surface area contributed by atoms with Crippen LogP contribution >= 0.6 is 11.3 Å². The second-order valence-corrected chi connectivity index (χ2v) is 5.74. The standard InChI is InChI=1S/C13H20N2O3S/c1-9(16)13(2,3)15-11(17)4-6-14-12(18)10-5-7-19-8-10/h5,7-9,16H,4,6H2,1-3H3,(H,14,18)(H,15,17). The van der Waals surface area contributed by atoms with E-state index in [1.165, 1.54) is 11.3 Å². The van der Waals surface area contributed by atoms with E-state index in [0.29, 0.717) is 5.56 Å². The van der Waals surface area contributed by atoms with Crippen LogP contribution in [0.2, 0.25) is 0 Å². The van der Waals surface area contributed by atoms with Crippen molar-refractivity contribution in [2.24, 2.45) is 0 Å². The second kappa shape index (κ2) is 6.68. The number of nitrogens with one attached hydrogen (secondary N) is 2. The van der Waals surface area contributed by atoms with Gasteiger partial charge in [-0.05, 0) is 32.2 Å². The predicted octanol–water partition coefficient (Wildman–Crippen LogP) is 1.14. The van der Waals surface area contributed by atoms with Gasteiger partial charge in [-0.15, -0.1) is 0 Å². The number of carbonyl (C=O) groups is 2. The van der Waals surface area contributed by atoms with Crippen LogP contribution < -0.4 is 10.6 Å². The van der Waals surface area contributed by atoms with E-state index < -0.39 is 11.6 Å². The molecule has 0 aliphatic rings. The van der Waals surface area contributed by atoms with Crippen LogP contribution in [-0.4, -0.2) is 35.1 Å². The number of carbonyl (C=O) groups excluding carboxylic acids is 2. The van der Waals surface area contributed by atoms with E-state index >= 15 is 0 Å². The number of rotatable bonds is 6. The summed E-state index contributed by atoms with van der Waals surface area (Å²) >= 11 is 1.45. The SMILES string of the molecule is CC(O)C(C)(C)NC(=O)CCNC(=O)c1ccsc1. The summed E-state index contributed by atoms with van der Waals surface area (Å²) in [7, 11) is 0. The van der Waals surface area contributed by atoms with Crippen LogP contribution in [0.15, 0.2) is 16.8 Å². The van der Waals surface area contributed by atoms with E-state index in [4.69, 9.17) is 0 Å². The van der Waals surface area contributed by atoms with E-state index in [2.05, 4.69) is 10.6 Å². The molecule has 0 saturated carbocycles. The molecule has 1 aromatic rings. The van der Waals surface area contributed by atoms with Gasteiger partial charge in [-0.1, -0.05) is 0 Å². The first kappa shape index (κ1) is 15.7. The van der Waals surface area contributed by atoms with Crippen LogP contribution in [0.4, 0.5) is 0 Å². The zero-order chi connectivity index (χ0) is 14.5. The first-order chi connectivity index (χ1) is 8.83. The Kier molecular flexibility index (Phi) is 5.50. The van der Waals surface area contributed by atoms with E-state index in [9.17, 15) is 14.7 Å². The van der Waals surface area contributed by atoms with Crippen molar-refractivity contribution in [3.05, 3.63) is 22.4 Å². The van der Waals surface area contributed by atoms with Gasteiger partial charge in [0.05, 0.1) is 11.6 Å². The van der Waals surface area contributed by atoms with Gasteiger partial charge in [0.2, 0.25) is 5.91 Å². The molecule has 1 rings (SSSR count). The number of hydrogen-bond acceptors (Lipinski definition) is 4. The van der Waals surface area contributed by atoms with Crippen molar-refractivity contribution in [3.8, 4) is 0 Å². The molecule has 0 aliphatic carbocycles.